The summed E-state index contributed by atoms with van der Waals surface area (Å²) in [6.45, 7) is 4.21. The van der Waals surface area contributed by atoms with Gasteiger partial charge in [-0.2, -0.15) is 5.10 Å². The number of hydrogen-bond acceptors (Lipinski definition) is 2. The summed E-state index contributed by atoms with van der Waals surface area (Å²) in [4.78, 5) is 5.08. The van der Waals surface area contributed by atoms with Gasteiger partial charge in [-0.05, 0) is 55.3 Å². The van der Waals surface area contributed by atoms with E-state index in [9.17, 15) is 0 Å². The number of benzene rings is 2. The molecule has 0 unspecified atom stereocenters. The second-order valence-electron chi connectivity index (χ2n) is 7.77. The average Bonchev–Trinajstić information content (AvgIpc) is 3.43. The Hall–Kier alpha value is -3.92. The van der Waals surface area contributed by atoms with E-state index in [0.717, 1.165) is 40.1 Å². The highest BCUT2D eigenvalue weighted by Gasteiger charge is 2.20. The smallest absolute Gasteiger partial charge is 0.138 e. The minimum atomic E-state index is 0.926. The lowest BCUT2D eigenvalue weighted by Gasteiger charge is -2.09. The molecule has 6 rings (SSSR count). The van der Waals surface area contributed by atoms with Gasteiger partial charge in [0, 0.05) is 16.2 Å². The molecule has 4 heteroatoms. The van der Waals surface area contributed by atoms with E-state index in [1.807, 2.05) is 10.7 Å². The van der Waals surface area contributed by atoms with Crippen molar-refractivity contribution in [1.29, 1.82) is 0 Å². The van der Waals surface area contributed by atoms with Crippen LogP contribution < -0.4 is 0 Å². The van der Waals surface area contributed by atoms with Gasteiger partial charge < -0.3 is 0 Å². The molecule has 150 valence electrons. The SMILES string of the molecule is C/C=C(\C=C/CC)c1cccc(-n2c3cccc4c3c3c2cccc3n2nccc42)n1. The van der Waals surface area contributed by atoms with Crippen LogP contribution >= 0.6 is 0 Å². The lowest BCUT2D eigenvalue weighted by molar-refractivity contribution is 1.01. The Morgan fingerprint density at radius 3 is 2.48 bits per heavy atom. The Balaban J connectivity index is 1.71. The summed E-state index contributed by atoms with van der Waals surface area (Å²) < 4.78 is 4.33. The Morgan fingerprint density at radius 2 is 1.65 bits per heavy atom. The van der Waals surface area contributed by atoms with Crippen LogP contribution in [0.5, 0.6) is 0 Å². The van der Waals surface area contributed by atoms with E-state index in [0.29, 0.717) is 0 Å². The van der Waals surface area contributed by atoms with Crippen LogP contribution in [0.4, 0.5) is 0 Å². The monoisotopic (exact) mass is 402 g/mol. The zero-order chi connectivity index (χ0) is 20.9. The first-order valence-corrected chi connectivity index (χ1v) is 10.7. The van der Waals surface area contributed by atoms with Crippen LogP contribution in [0.2, 0.25) is 0 Å². The van der Waals surface area contributed by atoms with Crippen molar-refractivity contribution in [2.75, 3.05) is 0 Å². The molecule has 0 aliphatic carbocycles. The highest BCUT2D eigenvalue weighted by molar-refractivity contribution is 6.26. The first kappa shape index (κ1) is 17.9. The van der Waals surface area contributed by atoms with Crippen LogP contribution in [-0.4, -0.2) is 19.2 Å². The fourth-order valence-corrected chi connectivity index (χ4v) is 4.71. The average molecular weight is 403 g/mol. The maximum atomic E-state index is 5.08. The maximum Gasteiger partial charge on any atom is 0.138 e. The topological polar surface area (TPSA) is 35.1 Å². The summed E-state index contributed by atoms with van der Waals surface area (Å²) in [6, 6.07) is 21.3. The highest BCUT2D eigenvalue weighted by Crippen LogP contribution is 2.40. The van der Waals surface area contributed by atoms with E-state index < -0.39 is 0 Å². The van der Waals surface area contributed by atoms with Gasteiger partial charge in [0.1, 0.15) is 5.82 Å². The fraction of sp³-hybridized carbons (Fsp3) is 0.111. The van der Waals surface area contributed by atoms with Gasteiger partial charge in [-0.25, -0.2) is 9.50 Å². The van der Waals surface area contributed by atoms with E-state index in [1.165, 1.54) is 21.7 Å². The van der Waals surface area contributed by atoms with Gasteiger partial charge in [0.25, 0.3) is 0 Å². The molecule has 0 aliphatic heterocycles. The zero-order valence-corrected chi connectivity index (χ0v) is 17.6. The van der Waals surface area contributed by atoms with Crippen molar-refractivity contribution < 1.29 is 0 Å². The van der Waals surface area contributed by atoms with E-state index in [-0.39, 0.29) is 0 Å². The molecular formula is C27H22N4. The molecule has 0 saturated heterocycles. The Labute approximate surface area is 180 Å². The molecule has 4 heterocycles. The van der Waals surface area contributed by atoms with Crippen LogP contribution in [0, 0.1) is 0 Å². The number of aromatic nitrogens is 4. The van der Waals surface area contributed by atoms with Crippen LogP contribution in [0.25, 0.3) is 49.6 Å². The van der Waals surface area contributed by atoms with Crippen LogP contribution in [-0.2, 0) is 0 Å². The third kappa shape index (κ3) is 2.48. The fourth-order valence-electron chi connectivity index (χ4n) is 4.71. The van der Waals surface area contributed by atoms with E-state index in [4.69, 9.17) is 4.98 Å². The van der Waals surface area contributed by atoms with E-state index in [1.54, 1.807) is 0 Å². The van der Waals surface area contributed by atoms with Gasteiger partial charge in [0.2, 0.25) is 0 Å². The number of nitrogens with zero attached hydrogens (tertiary/aromatic N) is 4. The van der Waals surface area contributed by atoms with Crippen LogP contribution in [0.3, 0.4) is 0 Å². The molecule has 0 aliphatic rings. The molecule has 4 aromatic heterocycles. The predicted octanol–water partition coefficient (Wildman–Crippen LogP) is 6.79. The quantitative estimate of drug-likeness (QED) is 0.240. The first-order chi connectivity index (χ1) is 15.3. The summed E-state index contributed by atoms with van der Waals surface area (Å²) in [7, 11) is 0. The van der Waals surface area contributed by atoms with E-state index >= 15 is 0 Å². The molecule has 0 amide bonds. The number of allylic oxidation sites excluding steroid dienone is 4. The van der Waals surface area contributed by atoms with Crippen molar-refractivity contribution in [2.24, 2.45) is 0 Å². The molecule has 6 aromatic rings. The summed E-state index contributed by atoms with van der Waals surface area (Å²) in [6.07, 6.45) is 9.33. The van der Waals surface area contributed by atoms with Crippen molar-refractivity contribution in [3.8, 4) is 5.82 Å². The normalized spacial score (nSPS) is 13.0. The molecule has 0 radical (unpaired) electrons. The standard InChI is InChI=1S/C27H22N4/c1-3-5-9-18(4-2)20-11-7-15-25(29-20)30-22-12-6-10-19-21-16-17-28-31(21)24-14-8-13-23(30)27(24)26(19)22/h4-17H,3H2,1-2H3/b9-5-,18-4+. The Morgan fingerprint density at radius 1 is 0.871 bits per heavy atom. The summed E-state index contributed by atoms with van der Waals surface area (Å²) >= 11 is 0. The van der Waals surface area contributed by atoms with Gasteiger partial charge in [0.05, 0.1) is 34.0 Å². The molecule has 31 heavy (non-hydrogen) atoms. The highest BCUT2D eigenvalue weighted by atomic mass is 15.2. The minimum absolute atomic E-state index is 0.926. The van der Waals surface area contributed by atoms with Crippen molar-refractivity contribution in [3.05, 3.63) is 90.8 Å². The molecule has 0 N–H and O–H groups in total. The lowest BCUT2D eigenvalue weighted by atomic mass is 10.1. The number of hydrogen-bond donors (Lipinski definition) is 0. The van der Waals surface area contributed by atoms with E-state index in [2.05, 4.69) is 102 Å². The number of pyridine rings is 2. The summed E-state index contributed by atoms with van der Waals surface area (Å²) in [5.41, 5.74) is 6.69. The van der Waals surface area contributed by atoms with Crippen molar-refractivity contribution in [2.45, 2.75) is 20.3 Å². The second kappa shape index (κ2) is 6.81. The maximum absolute atomic E-state index is 5.08. The minimum Gasteiger partial charge on any atom is -0.294 e. The molecule has 2 aromatic carbocycles. The first-order valence-electron chi connectivity index (χ1n) is 10.7. The third-order valence-corrected chi connectivity index (χ3v) is 6.04. The molecule has 0 saturated carbocycles. The molecule has 0 bridgehead atoms. The lowest BCUT2D eigenvalue weighted by Crippen LogP contribution is -1.99. The zero-order valence-electron chi connectivity index (χ0n) is 17.6. The molecule has 4 nitrogen and oxygen atoms in total. The Bertz CT molecular complexity index is 1550. The summed E-state index contributed by atoms with van der Waals surface area (Å²) in [5.74, 6) is 0.926. The van der Waals surface area contributed by atoms with Gasteiger partial charge in [-0.3, -0.25) is 4.57 Å². The van der Waals surface area contributed by atoms with Crippen LogP contribution in [0.15, 0.2) is 85.1 Å². The van der Waals surface area contributed by atoms with Gasteiger partial charge in [0.15, 0.2) is 0 Å². The number of fused-ring (bicyclic) bond motifs is 3. The van der Waals surface area contributed by atoms with Gasteiger partial charge >= 0.3 is 0 Å². The van der Waals surface area contributed by atoms with Crippen molar-refractivity contribution in [1.82, 2.24) is 19.2 Å². The van der Waals surface area contributed by atoms with Gasteiger partial charge in [-0.15, -0.1) is 0 Å². The molecule has 0 atom stereocenters. The molecular weight excluding hydrogens is 380 g/mol. The van der Waals surface area contributed by atoms with Crippen molar-refractivity contribution >= 4 is 43.8 Å². The predicted molar refractivity (Wildman–Crippen MR) is 129 cm³/mol. The molecule has 0 spiro atoms. The largest absolute Gasteiger partial charge is 0.294 e. The molecule has 0 fully saturated rings. The third-order valence-electron chi connectivity index (χ3n) is 6.04. The Kier molecular flexibility index (Phi) is 3.93. The summed E-state index contributed by atoms with van der Waals surface area (Å²) in [5, 5.41) is 8.32. The number of rotatable bonds is 4. The second-order valence-corrected chi connectivity index (χ2v) is 7.77. The van der Waals surface area contributed by atoms with Crippen molar-refractivity contribution in [3.63, 3.8) is 0 Å². The van der Waals surface area contributed by atoms with Crippen LogP contribution in [0.1, 0.15) is 26.0 Å². The van der Waals surface area contributed by atoms with Gasteiger partial charge in [-0.1, -0.05) is 49.4 Å².